The molecule has 3 heteroatoms. The van der Waals surface area contributed by atoms with Gasteiger partial charge in [-0.05, 0) is 55.1 Å². The molecule has 0 radical (unpaired) electrons. The Kier molecular flexibility index (Phi) is 4.58. The number of nitrogens with zero attached hydrogens (tertiary/aromatic N) is 1. The van der Waals surface area contributed by atoms with Crippen molar-refractivity contribution >= 4 is 23.2 Å². The van der Waals surface area contributed by atoms with Gasteiger partial charge in [0.1, 0.15) is 0 Å². The van der Waals surface area contributed by atoms with E-state index in [1.54, 1.807) is 6.07 Å². The van der Waals surface area contributed by atoms with E-state index >= 15 is 0 Å². The molecule has 1 fully saturated rings. The summed E-state index contributed by atoms with van der Waals surface area (Å²) in [6.45, 7) is 8.01. The van der Waals surface area contributed by atoms with Crippen LogP contribution < -0.4 is 0 Å². The molecule has 0 unspecified atom stereocenters. The lowest BCUT2D eigenvalue weighted by Gasteiger charge is -2.39. The summed E-state index contributed by atoms with van der Waals surface area (Å²) in [5.41, 5.74) is 1.76. The van der Waals surface area contributed by atoms with Gasteiger partial charge in [0.05, 0.1) is 0 Å². The van der Waals surface area contributed by atoms with E-state index in [4.69, 9.17) is 23.2 Å². The van der Waals surface area contributed by atoms with Crippen LogP contribution in [0.15, 0.2) is 18.2 Å². The molecule has 0 N–H and O–H groups in total. The lowest BCUT2D eigenvalue weighted by Crippen LogP contribution is -2.37. The number of hydrogen-bond acceptors (Lipinski definition) is 1. The van der Waals surface area contributed by atoms with Crippen LogP contribution in [-0.4, -0.2) is 18.0 Å². The minimum atomic E-state index is 0.544. The Labute approximate surface area is 120 Å². The smallest absolute Gasteiger partial charge is 0.0424 e. The zero-order valence-corrected chi connectivity index (χ0v) is 12.7. The highest BCUT2D eigenvalue weighted by molar-refractivity contribution is 6.34. The Morgan fingerprint density at radius 2 is 1.67 bits per heavy atom. The second-order valence-corrected chi connectivity index (χ2v) is 6.59. The molecule has 0 amide bonds. The van der Waals surface area contributed by atoms with Crippen molar-refractivity contribution in [2.75, 3.05) is 13.1 Å². The third-order valence-corrected chi connectivity index (χ3v) is 4.68. The summed E-state index contributed by atoms with van der Waals surface area (Å²) in [4.78, 5) is 2.50. The first-order chi connectivity index (χ1) is 8.50. The molecular weight excluding hydrogens is 265 g/mol. The maximum atomic E-state index is 6.03. The molecule has 0 atom stereocenters. The van der Waals surface area contributed by atoms with Crippen LogP contribution in [0.25, 0.3) is 0 Å². The Morgan fingerprint density at radius 1 is 1.11 bits per heavy atom. The second kappa shape index (κ2) is 5.81. The van der Waals surface area contributed by atoms with Gasteiger partial charge in [-0.15, -0.1) is 0 Å². The molecule has 0 aliphatic carbocycles. The molecule has 1 saturated heterocycles. The minimum Gasteiger partial charge on any atom is -0.299 e. The molecule has 1 aromatic carbocycles. The van der Waals surface area contributed by atoms with Crippen molar-refractivity contribution in [1.82, 2.24) is 4.90 Å². The predicted octanol–water partition coefficient (Wildman–Crippen LogP) is 5.01. The lowest BCUT2D eigenvalue weighted by atomic mass is 9.78. The molecule has 0 spiro atoms. The van der Waals surface area contributed by atoms with Crippen molar-refractivity contribution in [2.45, 2.75) is 39.7 Å². The summed E-state index contributed by atoms with van der Waals surface area (Å²) in [6, 6.07) is 5.82. The second-order valence-electron chi connectivity index (χ2n) is 5.72. The van der Waals surface area contributed by atoms with Crippen molar-refractivity contribution < 1.29 is 0 Å². The van der Waals surface area contributed by atoms with Gasteiger partial charge in [-0.3, -0.25) is 4.90 Å². The highest BCUT2D eigenvalue weighted by Crippen LogP contribution is 2.34. The molecule has 1 heterocycles. The molecule has 1 nitrogen and oxygen atoms in total. The molecule has 0 aromatic heterocycles. The maximum Gasteiger partial charge on any atom is 0.0424 e. The van der Waals surface area contributed by atoms with Gasteiger partial charge in [-0.25, -0.2) is 0 Å². The van der Waals surface area contributed by atoms with Gasteiger partial charge in [0.25, 0.3) is 0 Å². The first-order valence-corrected chi connectivity index (χ1v) is 7.44. The van der Waals surface area contributed by atoms with Crippen molar-refractivity contribution in [2.24, 2.45) is 5.41 Å². The van der Waals surface area contributed by atoms with Crippen LogP contribution in [0.2, 0.25) is 10.0 Å². The fourth-order valence-corrected chi connectivity index (χ4v) is 3.14. The number of piperidine rings is 1. The van der Waals surface area contributed by atoms with Crippen molar-refractivity contribution in [3.63, 3.8) is 0 Å². The normalized spacial score (nSPS) is 20.0. The zero-order chi connectivity index (χ0) is 13.2. The lowest BCUT2D eigenvalue weighted by molar-refractivity contribution is 0.109. The van der Waals surface area contributed by atoms with Crippen molar-refractivity contribution in [1.29, 1.82) is 0 Å². The van der Waals surface area contributed by atoms with E-state index in [0.717, 1.165) is 16.6 Å². The minimum absolute atomic E-state index is 0.544. The quantitative estimate of drug-likeness (QED) is 0.755. The van der Waals surface area contributed by atoms with Gasteiger partial charge in [0.2, 0.25) is 0 Å². The van der Waals surface area contributed by atoms with Gasteiger partial charge in [-0.1, -0.05) is 43.5 Å². The van der Waals surface area contributed by atoms with Gasteiger partial charge in [-0.2, -0.15) is 0 Å². The molecule has 0 saturated carbocycles. The molecule has 1 aromatic rings. The Bertz CT molecular complexity index is 389. The topological polar surface area (TPSA) is 3.24 Å². The number of likely N-dealkylation sites (tertiary alicyclic amines) is 1. The highest BCUT2D eigenvalue weighted by atomic mass is 35.5. The SMILES string of the molecule is CCC1(C)CCN(Cc2cc(Cl)cc(Cl)c2)CC1. The standard InChI is InChI=1S/C15H21Cl2N/c1-3-15(2)4-6-18(7-5-15)11-12-8-13(16)10-14(17)9-12/h8-10H,3-7,11H2,1-2H3. The van der Waals surface area contributed by atoms with Crippen LogP contribution >= 0.6 is 23.2 Å². The highest BCUT2D eigenvalue weighted by Gasteiger charge is 2.28. The number of halogens is 2. The molecule has 100 valence electrons. The molecule has 18 heavy (non-hydrogen) atoms. The predicted molar refractivity (Wildman–Crippen MR) is 79.4 cm³/mol. The van der Waals surface area contributed by atoms with E-state index < -0.39 is 0 Å². The van der Waals surface area contributed by atoms with Crippen LogP contribution in [-0.2, 0) is 6.54 Å². The van der Waals surface area contributed by atoms with Crippen molar-refractivity contribution in [3.8, 4) is 0 Å². The molecule has 1 aliphatic rings. The van der Waals surface area contributed by atoms with E-state index in [1.807, 2.05) is 12.1 Å². The first kappa shape index (κ1) is 14.2. The molecule has 1 aliphatic heterocycles. The first-order valence-electron chi connectivity index (χ1n) is 6.68. The summed E-state index contributed by atoms with van der Waals surface area (Å²) in [5, 5.41) is 1.46. The van der Waals surface area contributed by atoms with Crippen LogP contribution in [0.1, 0.15) is 38.7 Å². The fraction of sp³-hybridized carbons (Fsp3) is 0.600. The molecule has 2 rings (SSSR count). The maximum absolute atomic E-state index is 6.03. The number of rotatable bonds is 3. The average molecular weight is 286 g/mol. The van der Waals surface area contributed by atoms with Gasteiger partial charge in [0, 0.05) is 16.6 Å². The molecular formula is C15H21Cl2N. The van der Waals surface area contributed by atoms with Gasteiger partial charge in [0.15, 0.2) is 0 Å². The Morgan fingerprint density at radius 3 is 2.17 bits per heavy atom. The van der Waals surface area contributed by atoms with Crippen LogP contribution in [0.4, 0.5) is 0 Å². The third kappa shape index (κ3) is 3.63. The van der Waals surface area contributed by atoms with E-state index in [-0.39, 0.29) is 0 Å². The molecule has 0 bridgehead atoms. The summed E-state index contributed by atoms with van der Waals surface area (Å²) >= 11 is 12.1. The monoisotopic (exact) mass is 285 g/mol. The van der Waals surface area contributed by atoms with Crippen molar-refractivity contribution in [3.05, 3.63) is 33.8 Å². The van der Waals surface area contributed by atoms with E-state index in [2.05, 4.69) is 18.7 Å². The summed E-state index contributed by atoms with van der Waals surface area (Å²) < 4.78 is 0. The Balaban J connectivity index is 1.95. The Hall–Kier alpha value is -0.240. The van der Waals surface area contributed by atoms with E-state index in [1.165, 1.54) is 37.9 Å². The largest absolute Gasteiger partial charge is 0.299 e. The summed E-state index contributed by atoms with van der Waals surface area (Å²) in [6.07, 6.45) is 3.86. The zero-order valence-electron chi connectivity index (χ0n) is 11.2. The van der Waals surface area contributed by atoms with Crippen LogP contribution in [0, 0.1) is 5.41 Å². The van der Waals surface area contributed by atoms with Gasteiger partial charge < -0.3 is 0 Å². The average Bonchev–Trinajstić information content (AvgIpc) is 2.31. The number of benzene rings is 1. The number of hydrogen-bond donors (Lipinski definition) is 0. The van der Waals surface area contributed by atoms with E-state index in [9.17, 15) is 0 Å². The van der Waals surface area contributed by atoms with Gasteiger partial charge >= 0.3 is 0 Å². The summed E-state index contributed by atoms with van der Waals surface area (Å²) in [7, 11) is 0. The summed E-state index contributed by atoms with van der Waals surface area (Å²) in [5.74, 6) is 0. The van der Waals surface area contributed by atoms with E-state index in [0.29, 0.717) is 5.41 Å². The van der Waals surface area contributed by atoms with Crippen LogP contribution in [0.5, 0.6) is 0 Å². The third-order valence-electron chi connectivity index (χ3n) is 4.25. The van der Waals surface area contributed by atoms with Crippen LogP contribution in [0.3, 0.4) is 0 Å². The fourth-order valence-electron chi connectivity index (χ4n) is 2.56.